The number of benzene rings is 1. The Hall–Kier alpha value is -2.98. The van der Waals surface area contributed by atoms with Gasteiger partial charge in [0.2, 0.25) is 5.95 Å². The number of carbonyl (C=O) groups excluding carboxylic acids is 1. The van der Waals surface area contributed by atoms with Crippen molar-refractivity contribution >= 4 is 35.2 Å². The molecule has 2 aliphatic rings. The van der Waals surface area contributed by atoms with E-state index >= 15 is 0 Å². The number of carbonyl (C=O) groups is 1. The fourth-order valence-corrected chi connectivity index (χ4v) is 4.02. The number of hydrogen-bond donors (Lipinski definition) is 2. The van der Waals surface area contributed by atoms with Gasteiger partial charge in [-0.05, 0) is 30.7 Å². The summed E-state index contributed by atoms with van der Waals surface area (Å²) in [4.78, 5) is 22.7. The van der Waals surface area contributed by atoms with E-state index in [1.165, 1.54) is 17.0 Å². The highest BCUT2D eigenvalue weighted by Crippen LogP contribution is 2.42. The number of nitrogens with one attached hydrogen (secondary N) is 1. The second-order valence-electron chi connectivity index (χ2n) is 7.45. The van der Waals surface area contributed by atoms with Crippen LogP contribution in [0.1, 0.15) is 24.1 Å². The maximum Gasteiger partial charge on any atom is 0.389 e. The van der Waals surface area contributed by atoms with Crippen LogP contribution in [0, 0.1) is 0 Å². The van der Waals surface area contributed by atoms with Gasteiger partial charge in [-0.3, -0.25) is 0 Å². The highest BCUT2D eigenvalue weighted by atomic mass is 35.5. The van der Waals surface area contributed by atoms with E-state index in [0.717, 1.165) is 0 Å². The van der Waals surface area contributed by atoms with Crippen molar-refractivity contribution < 1.29 is 22.7 Å². The zero-order valence-electron chi connectivity index (χ0n) is 17.0. The van der Waals surface area contributed by atoms with E-state index in [4.69, 9.17) is 33.7 Å². The number of anilines is 1. The van der Waals surface area contributed by atoms with Crippen LogP contribution in [0.5, 0.6) is 5.75 Å². The first-order valence-corrected chi connectivity index (χ1v) is 10.6. The topological polar surface area (TPSA) is 93.4 Å². The molecule has 0 atom stereocenters. The second-order valence-corrected chi connectivity index (χ2v) is 8.29. The summed E-state index contributed by atoms with van der Waals surface area (Å²) in [5, 5.41) is 3.19. The van der Waals surface area contributed by atoms with Gasteiger partial charge in [-0.2, -0.15) is 13.2 Å². The van der Waals surface area contributed by atoms with Crippen molar-refractivity contribution in [2.45, 2.75) is 32.1 Å². The molecule has 2 aromatic rings. The average Bonchev–Trinajstić information content (AvgIpc) is 3.10. The molecule has 33 heavy (non-hydrogen) atoms. The van der Waals surface area contributed by atoms with Gasteiger partial charge in [0.1, 0.15) is 5.75 Å². The lowest BCUT2D eigenvalue weighted by Crippen LogP contribution is -2.36. The average molecular weight is 500 g/mol. The van der Waals surface area contributed by atoms with E-state index < -0.39 is 12.6 Å². The van der Waals surface area contributed by atoms with Gasteiger partial charge in [-0.1, -0.05) is 29.3 Å². The van der Waals surface area contributed by atoms with E-state index in [9.17, 15) is 18.0 Å². The first-order chi connectivity index (χ1) is 15.6. The third-order valence-corrected chi connectivity index (χ3v) is 5.52. The Labute approximate surface area is 197 Å². The lowest BCUT2D eigenvalue weighted by molar-refractivity contribution is -0.136. The van der Waals surface area contributed by atoms with Gasteiger partial charge >= 0.3 is 12.2 Å². The number of fused-ring (bicyclic) bond motifs is 1. The molecule has 0 bridgehead atoms. The quantitative estimate of drug-likeness (QED) is 0.530. The molecule has 2 heterocycles. The lowest BCUT2D eigenvalue weighted by Gasteiger charge is -2.18. The van der Waals surface area contributed by atoms with Crippen LogP contribution in [-0.2, 0) is 13.1 Å². The van der Waals surface area contributed by atoms with Gasteiger partial charge in [0.05, 0.1) is 41.7 Å². The van der Waals surface area contributed by atoms with E-state index in [1.54, 1.807) is 18.2 Å². The summed E-state index contributed by atoms with van der Waals surface area (Å²) in [5.41, 5.74) is 8.41. The van der Waals surface area contributed by atoms with Crippen LogP contribution in [-0.4, -0.2) is 33.7 Å². The molecule has 0 saturated heterocycles. The number of allylic oxidation sites excluding steroid dienone is 3. The Kier molecular flexibility index (Phi) is 6.40. The molecule has 12 heteroatoms. The SMILES string of the molecule is Nc1nc2c(c(-c3c(Cl)cc(Cl)cc3OCCCC(F)(F)F)n1)CN(C(=O)NC1=CC=C1)C2. The number of nitrogens with two attached hydrogens (primary N) is 1. The number of hydrogen-bond acceptors (Lipinski definition) is 5. The number of halogens is 5. The van der Waals surface area contributed by atoms with Gasteiger partial charge in [0, 0.05) is 22.7 Å². The van der Waals surface area contributed by atoms with Crippen LogP contribution in [0.25, 0.3) is 11.3 Å². The number of nitrogens with zero attached hydrogens (tertiary/aromatic N) is 3. The summed E-state index contributed by atoms with van der Waals surface area (Å²) >= 11 is 12.6. The molecular formula is C21H18Cl2F3N5O2. The number of alkyl halides is 3. The molecule has 4 rings (SSSR count). The Bertz CT molecular complexity index is 1170. The third kappa shape index (κ3) is 5.33. The Morgan fingerprint density at radius 3 is 2.67 bits per heavy atom. The zero-order chi connectivity index (χ0) is 23.8. The molecule has 0 fully saturated rings. The van der Waals surface area contributed by atoms with Crippen molar-refractivity contribution in [1.29, 1.82) is 0 Å². The molecule has 0 unspecified atom stereocenters. The van der Waals surface area contributed by atoms with Crippen molar-refractivity contribution in [3.63, 3.8) is 0 Å². The van der Waals surface area contributed by atoms with Crippen LogP contribution in [0.2, 0.25) is 10.0 Å². The summed E-state index contributed by atoms with van der Waals surface area (Å²) in [6.45, 7) is 0.175. The van der Waals surface area contributed by atoms with E-state index in [1.807, 2.05) is 0 Å². The molecule has 0 saturated carbocycles. The van der Waals surface area contributed by atoms with Gasteiger partial charge in [0.15, 0.2) is 0 Å². The fraction of sp³-hybridized carbons (Fsp3) is 0.286. The van der Waals surface area contributed by atoms with Crippen LogP contribution < -0.4 is 15.8 Å². The highest BCUT2D eigenvalue weighted by Gasteiger charge is 2.31. The van der Waals surface area contributed by atoms with E-state index in [2.05, 4.69) is 15.3 Å². The molecule has 7 nitrogen and oxygen atoms in total. The molecule has 1 aliphatic heterocycles. The maximum atomic E-state index is 12.6. The highest BCUT2D eigenvalue weighted by molar-refractivity contribution is 6.37. The summed E-state index contributed by atoms with van der Waals surface area (Å²) in [6, 6.07) is 2.61. The van der Waals surface area contributed by atoms with Crippen LogP contribution in [0.3, 0.4) is 0 Å². The van der Waals surface area contributed by atoms with Crippen molar-refractivity contribution in [3.05, 3.63) is 57.4 Å². The minimum absolute atomic E-state index is 0.0373. The predicted octanol–water partition coefficient (Wildman–Crippen LogP) is 5.23. The largest absolute Gasteiger partial charge is 0.493 e. The summed E-state index contributed by atoms with van der Waals surface area (Å²) in [5.74, 6) is 0.132. The van der Waals surface area contributed by atoms with Crippen molar-refractivity contribution in [1.82, 2.24) is 20.2 Å². The minimum Gasteiger partial charge on any atom is -0.493 e. The molecule has 1 aromatic carbocycles. The molecule has 2 amide bonds. The smallest absolute Gasteiger partial charge is 0.389 e. The molecule has 3 N–H and O–H groups in total. The lowest BCUT2D eigenvalue weighted by atomic mass is 10.0. The van der Waals surface area contributed by atoms with Gasteiger partial charge in [0.25, 0.3) is 0 Å². The Morgan fingerprint density at radius 1 is 1.24 bits per heavy atom. The summed E-state index contributed by atoms with van der Waals surface area (Å²) < 4.78 is 43.1. The van der Waals surface area contributed by atoms with Crippen LogP contribution in [0.4, 0.5) is 23.9 Å². The van der Waals surface area contributed by atoms with E-state index in [0.29, 0.717) is 28.2 Å². The van der Waals surface area contributed by atoms with Gasteiger partial charge in [-0.25, -0.2) is 14.8 Å². The number of amides is 2. The first kappa shape index (κ1) is 23.2. The normalized spacial score (nSPS) is 14.6. The number of rotatable bonds is 6. The molecule has 1 aromatic heterocycles. The van der Waals surface area contributed by atoms with Crippen molar-refractivity contribution in [2.24, 2.45) is 0 Å². The molecule has 0 spiro atoms. The molecule has 1 aliphatic carbocycles. The van der Waals surface area contributed by atoms with Crippen molar-refractivity contribution in [2.75, 3.05) is 12.3 Å². The monoisotopic (exact) mass is 499 g/mol. The number of aromatic nitrogens is 2. The van der Waals surface area contributed by atoms with Gasteiger partial charge < -0.3 is 20.7 Å². The standard InChI is InChI=1S/C21H18Cl2F3N5O2/c22-11-7-14(23)17(16(8-11)33-6-2-5-21(24,25)26)18-13-9-31(10-15(13)29-19(27)30-18)20(32)28-12-3-1-4-12/h1,3-4,7-8H,2,5-6,9-10H2,(H,28,32)(H2,27,29,30). The molecule has 0 radical (unpaired) electrons. The number of nitrogen functional groups attached to an aromatic ring is 1. The summed E-state index contributed by atoms with van der Waals surface area (Å²) in [6.07, 6.45) is -0.176. The first-order valence-electron chi connectivity index (χ1n) is 9.89. The number of ether oxygens (including phenoxy) is 1. The minimum atomic E-state index is -4.28. The van der Waals surface area contributed by atoms with Crippen molar-refractivity contribution in [3.8, 4) is 17.0 Å². The van der Waals surface area contributed by atoms with Gasteiger partial charge in [-0.15, -0.1) is 0 Å². The summed E-state index contributed by atoms with van der Waals surface area (Å²) in [7, 11) is 0. The second kappa shape index (κ2) is 9.11. The zero-order valence-corrected chi connectivity index (χ0v) is 18.6. The third-order valence-electron chi connectivity index (χ3n) is 5.01. The Morgan fingerprint density at radius 2 is 2.00 bits per heavy atom. The van der Waals surface area contributed by atoms with Crippen LogP contribution in [0.15, 0.2) is 36.1 Å². The number of urea groups is 1. The molecular weight excluding hydrogens is 482 g/mol. The predicted molar refractivity (Wildman–Crippen MR) is 118 cm³/mol. The van der Waals surface area contributed by atoms with E-state index in [-0.39, 0.29) is 53.9 Å². The fourth-order valence-electron chi connectivity index (χ4n) is 3.45. The maximum absolute atomic E-state index is 12.6. The molecule has 174 valence electrons. The van der Waals surface area contributed by atoms with Crippen LogP contribution >= 0.6 is 23.2 Å². The Balaban J connectivity index is 1.63.